The van der Waals surface area contributed by atoms with E-state index >= 15 is 0 Å². The van der Waals surface area contributed by atoms with Gasteiger partial charge in [0.2, 0.25) is 0 Å². The summed E-state index contributed by atoms with van der Waals surface area (Å²) >= 11 is 3.37. The highest BCUT2D eigenvalue weighted by Gasteiger charge is 1.96. The lowest BCUT2D eigenvalue weighted by Gasteiger charge is -2.07. The average molecular weight is 307 g/mol. The van der Waals surface area contributed by atoms with Crippen LogP contribution in [0.1, 0.15) is 11.3 Å². The largest absolute Gasteiger partial charge is 0.380 e. The second-order valence-corrected chi connectivity index (χ2v) is 4.87. The Bertz CT molecular complexity index is 482. The highest BCUT2D eigenvalue weighted by molar-refractivity contribution is 9.10. The molecule has 0 amide bonds. The number of benzene rings is 1. The smallest absolute Gasteiger partial charge is 0.0713 e. The Morgan fingerprint density at radius 2 is 1.94 bits per heavy atom. The number of methoxy groups -OCH3 is 1. The Morgan fingerprint density at radius 3 is 2.56 bits per heavy atom. The first-order chi connectivity index (χ1) is 8.78. The van der Waals surface area contributed by atoms with E-state index < -0.39 is 0 Å². The lowest BCUT2D eigenvalue weighted by atomic mass is 10.2. The number of pyridine rings is 1. The topological polar surface area (TPSA) is 34.1 Å². The van der Waals surface area contributed by atoms with Gasteiger partial charge in [-0.2, -0.15) is 0 Å². The number of anilines is 1. The van der Waals surface area contributed by atoms with Gasteiger partial charge in [0.15, 0.2) is 0 Å². The number of nitrogens with zero attached hydrogens (tertiary/aromatic N) is 1. The van der Waals surface area contributed by atoms with Crippen molar-refractivity contribution in [3.8, 4) is 0 Å². The molecule has 0 saturated carbocycles. The van der Waals surface area contributed by atoms with Gasteiger partial charge in [0.1, 0.15) is 0 Å². The minimum atomic E-state index is 0.647. The van der Waals surface area contributed by atoms with Crippen molar-refractivity contribution in [2.45, 2.75) is 13.2 Å². The van der Waals surface area contributed by atoms with E-state index in [4.69, 9.17) is 4.74 Å². The molecule has 3 nitrogen and oxygen atoms in total. The summed E-state index contributed by atoms with van der Waals surface area (Å²) in [6, 6.07) is 12.2. The minimum absolute atomic E-state index is 0.647. The molecule has 1 heterocycles. The van der Waals surface area contributed by atoms with E-state index in [0.717, 1.165) is 22.4 Å². The fourth-order valence-electron chi connectivity index (χ4n) is 1.59. The summed E-state index contributed by atoms with van der Waals surface area (Å²) in [5, 5.41) is 3.33. The number of halogens is 1. The molecule has 4 heteroatoms. The van der Waals surface area contributed by atoms with Crippen LogP contribution in [-0.2, 0) is 17.9 Å². The van der Waals surface area contributed by atoms with E-state index in [1.165, 1.54) is 5.56 Å². The van der Waals surface area contributed by atoms with Gasteiger partial charge in [0, 0.05) is 23.5 Å². The van der Waals surface area contributed by atoms with Gasteiger partial charge >= 0.3 is 0 Å². The molecule has 0 aliphatic carbocycles. The third kappa shape index (κ3) is 3.82. The average Bonchev–Trinajstić information content (AvgIpc) is 2.40. The van der Waals surface area contributed by atoms with Crippen LogP contribution in [0.25, 0.3) is 0 Å². The molecule has 1 N–H and O–H groups in total. The first kappa shape index (κ1) is 13.1. The Kier molecular flexibility index (Phi) is 4.73. The van der Waals surface area contributed by atoms with Gasteiger partial charge in [-0.25, -0.2) is 0 Å². The Hall–Kier alpha value is -1.39. The molecule has 0 atom stereocenters. The summed E-state index contributed by atoms with van der Waals surface area (Å²) in [4.78, 5) is 4.31. The van der Waals surface area contributed by atoms with Crippen molar-refractivity contribution < 1.29 is 4.74 Å². The number of rotatable bonds is 5. The van der Waals surface area contributed by atoms with Crippen LogP contribution in [-0.4, -0.2) is 12.1 Å². The summed E-state index contributed by atoms with van der Waals surface area (Å²) in [5.74, 6) is 0. The minimum Gasteiger partial charge on any atom is -0.380 e. The van der Waals surface area contributed by atoms with Crippen molar-refractivity contribution >= 4 is 21.6 Å². The highest BCUT2D eigenvalue weighted by atomic mass is 79.9. The fourth-order valence-corrected chi connectivity index (χ4v) is 1.82. The predicted octanol–water partition coefficient (Wildman–Crippen LogP) is 3.60. The molecular weight excluding hydrogens is 292 g/mol. The van der Waals surface area contributed by atoms with Crippen molar-refractivity contribution in [1.82, 2.24) is 4.98 Å². The maximum atomic E-state index is 5.07. The summed E-state index contributed by atoms with van der Waals surface area (Å²) in [6.45, 7) is 1.37. The summed E-state index contributed by atoms with van der Waals surface area (Å²) in [7, 11) is 1.70. The molecule has 0 radical (unpaired) electrons. The van der Waals surface area contributed by atoms with Crippen LogP contribution in [0.4, 0.5) is 5.69 Å². The van der Waals surface area contributed by atoms with E-state index in [-0.39, 0.29) is 0 Å². The van der Waals surface area contributed by atoms with E-state index in [9.17, 15) is 0 Å². The van der Waals surface area contributed by atoms with E-state index in [0.29, 0.717) is 6.61 Å². The van der Waals surface area contributed by atoms with Gasteiger partial charge < -0.3 is 10.1 Å². The van der Waals surface area contributed by atoms with Gasteiger partial charge in [-0.05, 0) is 45.8 Å². The van der Waals surface area contributed by atoms with Gasteiger partial charge in [-0.1, -0.05) is 12.1 Å². The molecule has 94 valence electrons. The quantitative estimate of drug-likeness (QED) is 0.916. The van der Waals surface area contributed by atoms with Crippen LogP contribution in [0.3, 0.4) is 0 Å². The van der Waals surface area contributed by atoms with E-state index in [1.54, 1.807) is 13.3 Å². The zero-order chi connectivity index (χ0) is 12.8. The molecule has 1 aromatic carbocycles. The first-order valence-corrected chi connectivity index (χ1v) is 6.49. The highest BCUT2D eigenvalue weighted by Crippen LogP contribution is 2.12. The maximum absolute atomic E-state index is 5.07. The van der Waals surface area contributed by atoms with Crippen molar-refractivity contribution in [3.05, 3.63) is 58.3 Å². The number of aromatic nitrogens is 1. The Morgan fingerprint density at radius 1 is 1.17 bits per heavy atom. The van der Waals surface area contributed by atoms with Crippen molar-refractivity contribution in [2.24, 2.45) is 0 Å². The van der Waals surface area contributed by atoms with Gasteiger partial charge in [-0.15, -0.1) is 0 Å². The van der Waals surface area contributed by atoms with E-state index in [1.807, 2.05) is 24.3 Å². The molecule has 0 unspecified atom stereocenters. The van der Waals surface area contributed by atoms with Crippen LogP contribution in [0, 0.1) is 0 Å². The van der Waals surface area contributed by atoms with Crippen LogP contribution in [0.15, 0.2) is 47.1 Å². The van der Waals surface area contributed by atoms with Crippen molar-refractivity contribution in [2.75, 3.05) is 12.4 Å². The molecule has 0 saturated heterocycles. The fraction of sp³-hybridized carbons (Fsp3) is 0.214. The van der Waals surface area contributed by atoms with Crippen LogP contribution in [0.2, 0.25) is 0 Å². The Labute approximate surface area is 115 Å². The van der Waals surface area contributed by atoms with Crippen LogP contribution >= 0.6 is 15.9 Å². The molecule has 0 fully saturated rings. The monoisotopic (exact) mass is 306 g/mol. The molecule has 1 aromatic heterocycles. The molecule has 18 heavy (non-hydrogen) atoms. The van der Waals surface area contributed by atoms with Crippen molar-refractivity contribution in [3.63, 3.8) is 0 Å². The van der Waals surface area contributed by atoms with Gasteiger partial charge in [0.05, 0.1) is 18.8 Å². The molecule has 0 bridgehead atoms. The standard InChI is InChI=1S/C14H15BrN2O/c1-18-10-11-2-5-13(6-3-11)17-9-14-7-4-12(15)8-16-14/h2-8,17H,9-10H2,1H3. The third-order valence-corrected chi connectivity index (χ3v) is 3.00. The summed E-state index contributed by atoms with van der Waals surface area (Å²) in [6.07, 6.45) is 1.80. The van der Waals surface area contributed by atoms with Crippen molar-refractivity contribution in [1.29, 1.82) is 0 Å². The lowest BCUT2D eigenvalue weighted by molar-refractivity contribution is 0.185. The zero-order valence-corrected chi connectivity index (χ0v) is 11.8. The lowest BCUT2D eigenvalue weighted by Crippen LogP contribution is -2.01. The van der Waals surface area contributed by atoms with Gasteiger partial charge in [0.25, 0.3) is 0 Å². The second kappa shape index (κ2) is 6.52. The van der Waals surface area contributed by atoms with Gasteiger partial charge in [-0.3, -0.25) is 4.98 Å². The van der Waals surface area contributed by atoms with Crippen LogP contribution < -0.4 is 5.32 Å². The number of hydrogen-bond acceptors (Lipinski definition) is 3. The maximum Gasteiger partial charge on any atom is 0.0713 e. The molecule has 2 rings (SSSR count). The SMILES string of the molecule is COCc1ccc(NCc2ccc(Br)cn2)cc1. The zero-order valence-electron chi connectivity index (χ0n) is 10.2. The van der Waals surface area contributed by atoms with Crippen LogP contribution in [0.5, 0.6) is 0 Å². The number of nitrogens with one attached hydrogen (secondary N) is 1. The van der Waals surface area contributed by atoms with E-state index in [2.05, 4.69) is 38.4 Å². The molecular formula is C14H15BrN2O. The first-order valence-electron chi connectivity index (χ1n) is 5.70. The normalized spacial score (nSPS) is 10.3. The predicted molar refractivity (Wildman–Crippen MR) is 76.4 cm³/mol. The number of ether oxygens (including phenoxy) is 1. The molecule has 0 aliphatic rings. The third-order valence-electron chi connectivity index (χ3n) is 2.53. The summed E-state index contributed by atoms with van der Waals surface area (Å²) < 4.78 is 6.07. The molecule has 0 aliphatic heterocycles. The molecule has 2 aromatic rings. The molecule has 0 spiro atoms. The Balaban J connectivity index is 1.91. The number of hydrogen-bond donors (Lipinski definition) is 1. The summed E-state index contributed by atoms with van der Waals surface area (Å²) in [5.41, 5.74) is 3.27. The second-order valence-electron chi connectivity index (χ2n) is 3.95.